The van der Waals surface area contributed by atoms with Gasteiger partial charge in [-0.3, -0.25) is 0 Å². The average Bonchev–Trinajstić information content (AvgIpc) is 2.02. The topological polar surface area (TPSA) is 20.2 Å². The molecule has 0 bridgehead atoms. The van der Waals surface area contributed by atoms with Crippen molar-refractivity contribution in [1.82, 2.24) is 0 Å². The van der Waals surface area contributed by atoms with E-state index in [2.05, 4.69) is 6.92 Å². The molecule has 1 unspecified atom stereocenters. The highest BCUT2D eigenvalue weighted by Crippen LogP contribution is 2.20. The molecule has 1 aliphatic rings. The monoisotopic (exact) mass is 170 g/mol. The van der Waals surface area contributed by atoms with Crippen molar-refractivity contribution in [2.24, 2.45) is 5.92 Å². The van der Waals surface area contributed by atoms with Gasteiger partial charge in [0.15, 0.2) is 0 Å². The summed E-state index contributed by atoms with van der Waals surface area (Å²) in [6.07, 6.45) is 10.1. The van der Waals surface area contributed by atoms with Gasteiger partial charge in [0.1, 0.15) is 0 Å². The molecule has 0 aliphatic heterocycles. The van der Waals surface area contributed by atoms with Gasteiger partial charge in [-0.25, -0.2) is 0 Å². The molecule has 0 heterocycles. The van der Waals surface area contributed by atoms with E-state index in [0.717, 1.165) is 18.8 Å². The summed E-state index contributed by atoms with van der Waals surface area (Å²) in [4.78, 5) is 0. The first-order chi connectivity index (χ1) is 5.79. The standard InChI is InChI=1S/C11H22O/c1-10-7-5-3-2-4-6-8-11(12)9-10/h10-12H,2-9H2,1H3/t10?,11-/m0/s1. The molecule has 0 saturated heterocycles. The van der Waals surface area contributed by atoms with E-state index in [1.54, 1.807) is 0 Å². The molecule has 1 rings (SSSR count). The predicted octanol–water partition coefficient (Wildman–Crippen LogP) is 3.12. The zero-order chi connectivity index (χ0) is 8.81. The molecule has 1 fully saturated rings. The summed E-state index contributed by atoms with van der Waals surface area (Å²) in [5.74, 6) is 0.734. The van der Waals surface area contributed by atoms with Gasteiger partial charge in [0, 0.05) is 0 Å². The van der Waals surface area contributed by atoms with Gasteiger partial charge in [-0.05, 0) is 18.8 Å². The minimum Gasteiger partial charge on any atom is -0.393 e. The number of aliphatic hydroxyl groups excluding tert-OH is 1. The summed E-state index contributed by atoms with van der Waals surface area (Å²) in [6, 6.07) is 0. The number of aliphatic hydroxyl groups is 1. The van der Waals surface area contributed by atoms with Crippen LogP contribution in [0.5, 0.6) is 0 Å². The van der Waals surface area contributed by atoms with Gasteiger partial charge in [-0.2, -0.15) is 0 Å². The summed E-state index contributed by atoms with van der Waals surface area (Å²) in [5.41, 5.74) is 0. The molecule has 0 amide bonds. The second-order valence-electron chi connectivity index (χ2n) is 4.34. The lowest BCUT2D eigenvalue weighted by molar-refractivity contribution is 0.128. The molecule has 12 heavy (non-hydrogen) atoms. The van der Waals surface area contributed by atoms with Crippen LogP contribution in [0.25, 0.3) is 0 Å². The Kier molecular flexibility index (Phi) is 4.67. The van der Waals surface area contributed by atoms with E-state index in [4.69, 9.17) is 0 Å². The Labute approximate surface area is 76.2 Å². The Bertz CT molecular complexity index is 99.6. The molecule has 0 aromatic carbocycles. The summed E-state index contributed by atoms with van der Waals surface area (Å²) >= 11 is 0. The van der Waals surface area contributed by atoms with Crippen LogP contribution in [-0.4, -0.2) is 11.2 Å². The van der Waals surface area contributed by atoms with Crippen molar-refractivity contribution in [2.45, 2.75) is 64.4 Å². The van der Waals surface area contributed by atoms with Crippen molar-refractivity contribution < 1.29 is 5.11 Å². The predicted molar refractivity (Wildman–Crippen MR) is 52.1 cm³/mol. The van der Waals surface area contributed by atoms with Crippen LogP contribution in [-0.2, 0) is 0 Å². The summed E-state index contributed by atoms with van der Waals surface area (Å²) < 4.78 is 0. The molecule has 1 heteroatoms. The van der Waals surface area contributed by atoms with E-state index < -0.39 is 0 Å². The highest BCUT2D eigenvalue weighted by atomic mass is 16.3. The van der Waals surface area contributed by atoms with Crippen molar-refractivity contribution in [3.63, 3.8) is 0 Å². The third-order valence-electron chi connectivity index (χ3n) is 2.91. The normalized spacial score (nSPS) is 34.5. The summed E-state index contributed by atoms with van der Waals surface area (Å²) in [6.45, 7) is 2.27. The van der Waals surface area contributed by atoms with Gasteiger partial charge in [0.2, 0.25) is 0 Å². The number of hydrogen-bond acceptors (Lipinski definition) is 1. The van der Waals surface area contributed by atoms with E-state index in [1.807, 2.05) is 0 Å². The maximum Gasteiger partial charge on any atom is 0.0542 e. The van der Waals surface area contributed by atoms with E-state index in [9.17, 15) is 5.11 Å². The van der Waals surface area contributed by atoms with Crippen LogP contribution in [0.15, 0.2) is 0 Å². The minimum atomic E-state index is -0.0156. The third kappa shape index (κ3) is 4.10. The van der Waals surface area contributed by atoms with Gasteiger partial charge in [0.05, 0.1) is 6.10 Å². The smallest absolute Gasteiger partial charge is 0.0542 e. The maximum absolute atomic E-state index is 9.60. The summed E-state index contributed by atoms with van der Waals surface area (Å²) in [7, 11) is 0. The van der Waals surface area contributed by atoms with Crippen LogP contribution in [0.3, 0.4) is 0 Å². The molecule has 72 valence electrons. The van der Waals surface area contributed by atoms with Crippen molar-refractivity contribution in [3.05, 3.63) is 0 Å². The highest BCUT2D eigenvalue weighted by Gasteiger charge is 2.11. The quantitative estimate of drug-likeness (QED) is 0.592. The molecule has 0 radical (unpaired) electrons. The Morgan fingerprint density at radius 3 is 2.25 bits per heavy atom. The number of hydrogen-bond donors (Lipinski definition) is 1. The first kappa shape index (κ1) is 10.0. The van der Waals surface area contributed by atoms with Crippen molar-refractivity contribution >= 4 is 0 Å². The molecule has 0 spiro atoms. The summed E-state index contributed by atoms with van der Waals surface area (Å²) in [5, 5.41) is 9.60. The largest absolute Gasteiger partial charge is 0.393 e. The Balaban J connectivity index is 2.24. The zero-order valence-corrected chi connectivity index (χ0v) is 8.26. The molecular weight excluding hydrogens is 148 g/mol. The zero-order valence-electron chi connectivity index (χ0n) is 8.26. The first-order valence-corrected chi connectivity index (χ1v) is 5.47. The SMILES string of the molecule is CC1CCCCCCC[C@H](O)C1. The molecule has 0 aromatic heterocycles. The van der Waals surface area contributed by atoms with Gasteiger partial charge >= 0.3 is 0 Å². The maximum atomic E-state index is 9.60. The van der Waals surface area contributed by atoms with Crippen LogP contribution in [0, 0.1) is 5.92 Å². The van der Waals surface area contributed by atoms with Gasteiger partial charge in [-0.15, -0.1) is 0 Å². The van der Waals surface area contributed by atoms with Crippen LogP contribution < -0.4 is 0 Å². The van der Waals surface area contributed by atoms with Crippen LogP contribution in [0.4, 0.5) is 0 Å². The van der Waals surface area contributed by atoms with Crippen LogP contribution >= 0.6 is 0 Å². The Morgan fingerprint density at radius 1 is 0.917 bits per heavy atom. The average molecular weight is 170 g/mol. The lowest BCUT2D eigenvalue weighted by atomic mass is 9.92. The second kappa shape index (κ2) is 5.58. The lowest BCUT2D eigenvalue weighted by Gasteiger charge is -2.18. The third-order valence-corrected chi connectivity index (χ3v) is 2.91. The molecular formula is C11H22O. The van der Waals surface area contributed by atoms with E-state index in [-0.39, 0.29) is 6.10 Å². The van der Waals surface area contributed by atoms with Crippen molar-refractivity contribution in [1.29, 1.82) is 0 Å². The molecule has 0 aromatic rings. The van der Waals surface area contributed by atoms with E-state index >= 15 is 0 Å². The highest BCUT2D eigenvalue weighted by molar-refractivity contribution is 4.64. The van der Waals surface area contributed by atoms with Crippen LogP contribution in [0.2, 0.25) is 0 Å². The van der Waals surface area contributed by atoms with E-state index in [1.165, 1.54) is 38.5 Å². The first-order valence-electron chi connectivity index (χ1n) is 5.47. The van der Waals surface area contributed by atoms with Gasteiger partial charge in [0.25, 0.3) is 0 Å². The molecule has 1 aliphatic carbocycles. The molecule has 1 saturated carbocycles. The number of rotatable bonds is 0. The second-order valence-corrected chi connectivity index (χ2v) is 4.34. The fourth-order valence-electron chi connectivity index (χ4n) is 2.10. The minimum absolute atomic E-state index is 0.0156. The molecule has 2 atom stereocenters. The van der Waals surface area contributed by atoms with E-state index in [0.29, 0.717) is 0 Å². The molecule has 1 nitrogen and oxygen atoms in total. The fourth-order valence-corrected chi connectivity index (χ4v) is 2.10. The lowest BCUT2D eigenvalue weighted by Crippen LogP contribution is -2.12. The van der Waals surface area contributed by atoms with Gasteiger partial charge < -0.3 is 5.11 Å². The Morgan fingerprint density at radius 2 is 1.50 bits per heavy atom. The Hall–Kier alpha value is -0.0400. The van der Waals surface area contributed by atoms with Crippen LogP contribution in [0.1, 0.15) is 58.3 Å². The van der Waals surface area contributed by atoms with Crippen molar-refractivity contribution in [3.8, 4) is 0 Å². The fraction of sp³-hybridized carbons (Fsp3) is 1.00. The van der Waals surface area contributed by atoms with Crippen molar-refractivity contribution in [2.75, 3.05) is 0 Å². The molecule has 1 N–H and O–H groups in total. The van der Waals surface area contributed by atoms with Gasteiger partial charge in [-0.1, -0.05) is 45.4 Å².